The molecule has 0 saturated heterocycles. The highest BCUT2D eigenvalue weighted by atomic mass is 35.5. The van der Waals surface area contributed by atoms with E-state index in [1.165, 1.54) is 10.9 Å². The lowest BCUT2D eigenvalue weighted by molar-refractivity contribution is -0.116. The van der Waals surface area contributed by atoms with Gasteiger partial charge >= 0.3 is 0 Å². The Morgan fingerprint density at radius 1 is 1.48 bits per heavy atom. The fraction of sp³-hybridized carbons (Fsp3) is 0.286. The number of aromatic nitrogens is 4. The van der Waals surface area contributed by atoms with E-state index >= 15 is 0 Å². The van der Waals surface area contributed by atoms with Gasteiger partial charge in [0, 0.05) is 19.9 Å². The van der Waals surface area contributed by atoms with Crippen LogP contribution >= 0.6 is 11.6 Å². The predicted octanol–water partition coefficient (Wildman–Crippen LogP) is 2.60. The van der Waals surface area contributed by atoms with Crippen LogP contribution in [0.15, 0.2) is 27.3 Å². The number of hydrogen-bond acceptors (Lipinski definition) is 6. The normalized spacial score (nSPS) is 10.9. The van der Waals surface area contributed by atoms with Gasteiger partial charge in [0.05, 0.1) is 12.0 Å². The lowest BCUT2D eigenvalue weighted by atomic mass is 10.3. The van der Waals surface area contributed by atoms with Crippen LogP contribution in [0.3, 0.4) is 0 Å². The SMILES string of the molecule is Cc1nn(C)c(NC(=O)CCc2nc(-c3ccco3)no2)c1Cl. The van der Waals surface area contributed by atoms with Crippen molar-refractivity contribution in [2.75, 3.05) is 5.32 Å². The van der Waals surface area contributed by atoms with E-state index in [0.717, 1.165) is 0 Å². The molecule has 0 spiro atoms. The molecule has 3 aromatic rings. The van der Waals surface area contributed by atoms with Gasteiger partial charge in [-0.15, -0.1) is 0 Å². The van der Waals surface area contributed by atoms with Crippen LogP contribution in [0.1, 0.15) is 18.0 Å². The summed E-state index contributed by atoms with van der Waals surface area (Å²) in [5, 5.41) is 11.1. The minimum Gasteiger partial charge on any atom is -0.461 e. The third kappa shape index (κ3) is 3.26. The van der Waals surface area contributed by atoms with Crippen molar-refractivity contribution in [3.8, 4) is 11.6 Å². The maximum atomic E-state index is 12.0. The number of aryl methyl sites for hydroxylation is 3. The molecule has 3 rings (SSSR count). The van der Waals surface area contributed by atoms with Crippen molar-refractivity contribution in [1.29, 1.82) is 0 Å². The molecule has 3 aromatic heterocycles. The summed E-state index contributed by atoms with van der Waals surface area (Å²) in [5.41, 5.74) is 0.657. The molecule has 9 heteroatoms. The Labute approximate surface area is 136 Å². The first kappa shape index (κ1) is 15.3. The highest BCUT2D eigenvalue weighted by Crippen LogP contribution is 2.24. The van der Waals surface area contributed by atoms with E-state index in [2.05, 4.69) is 20.6 Å². The summed E-state index contributed by atoms with van der Waals surface area (Å²) >= 11 is 6.09. The van der Waals surface area contributed by atoms with Crippen LogP contribution in [0.5, 0.6) is 0 Å². The standard InChI is InChI=1S/C14H14ClN5O3/c1-8-12(15)14(20(2)18-8)16-10(21)5-6-11-17-13(19-23-11)9-4-3-7-22-9/h3-4,7H,5-6H2,1-2H3,(H,16,21). The minimum absolute atomic E-state index is 0.181. The number of carbonyl (C=O) groups is 1. The first-order valence-electron chi connectivity index (χ1n) is 6.90. The van der Waals surface area contributed by atoms with Gasteiger partial charge in [0.15, 0.2) is 5.76 Å². The number of anilines is 1. The number of halogens is 1. The van der Waals surface area contributed by atoms with Gasteiger partial charge in [-0.1, -0.05) is 16.8 Å². The predicted molar refractivity (Wildman–Crippen MR) is 81.9 cm³/mol. The van der Waals surface area contributed by atoms with Crippen LogP contribution < -0.4 is 5.32 Å². The molecule has 0 fully saturated rings. The van der Waals surface area contributed by atoms with Gasteiger partial charge in [-0.05, 0) is 19.1 Å². The molecule has 1 N–H and O–H groups in total. The van der Waals surface area contributed by atoms with Crippen molar-refractivity contribution in [2.45, 2.75) is 19.8 Å². The Balaban J connectivity index is 1.59. The maximum absolute atomic E-state index is 12.0. The first-order chi connectivity index (χ1) is 11.0. The summed E-state index contributed by atoms with van der Waals surface area (Å²) in [5.74, 6) is 1.49. The van der Waals surface area contributed by atoms with Gasteiger partial charge in [-0.2, -0.15) is 10.1 Å². The van der Waals surface area contributed by atoms with Crippen LogP contribution in [0.25, 0.3) is 11.6 Å². The summed E-state index contributed by atoms with van der Waals surface area (Å²) < 4.78 is 11.8. The second-order valence-electron chi connectivity index (χ2n) is 4.91. The van der Waals surface area contributed by atoms with E-state index in [1.54, 1.807) is 26.1 Å². The van der Waals surface area contributed by atoms with Crippen molar-refractivity contribution in [1.82, 2.24) is 19.9 Å². The van der Waals surface area contributed by atoms with Gasteiger partial charge in [0.2, 0.25) is 17.6 Å². The number of nitrogens with one attached hydrogen (secondary N) is 1. The number of rotatable bonds is 5. The molecule has 0 saturated carbocycles. The highest BCUT2D eigenvalue weighted by Gasteiger charge is 2.16. The molecular formula is C14H14ClN5O3. The largest absolute Gasteiger partial charge is 0.461 e. The summed E-state index contributed by atoms with van der Waals surface area (Å²) in [6.45, 7) is 1.77. The topological polar surface area (TPSA) is 99.0 Å². The van der Waals surface area contributed by atoms with Crippen LogP contribution in [0.2, 0.25) is 5.02 Å². The van der Waals surface area contributed by atoms with Gasteiger partial charge in [-0.3, -0.25) is 9.48 Å². The maximum Gasteiger partial charge on any atom is 0.238 e. The molecule has 0 aliphatic carbocycles. The highest BCUT2D eigenvalue weighted by molar-refractivity contribution is 6.34. The van der Waals surface area contributed by atoms with Crippen LogP contribution in [-0.2, 0) is 18.3 Å². The van der Waals surface area contributed by atoms with Crippen LogP contribution in [-0.4, -0.2) is 25.8 Å². The van der Waals surface area contributed by atoms with Gasteiger partial charge < -0.3 is 14.3 Å². The molecule has 1 amide bonds. The van der Waals surface area contributed by atoms with Gasteiger partial charge in [0.25, 0.3) is 0 Å². The second kappa shape index (κ2) is 6.25. The zero-order chi connectivity index (χ0) is 16.4. The smallest absolute Gasteiger partial charge is 0.238 e. The second-order valence-corrected chi connectivity index (χ2v) is 5.29. The lowest BCUT2D eigenvalue weighted by Gasteiger charge is -2.04. The van der Waals surface area contributed by atoms with Crippen LogP contribution in [0.4, 0.5) is 5.82 Å². The molecule has 0 bridgehead atoms. The molecule has 23 heavy (non-hydrogen) atoms. The quantitative estimate of drug-likeness (QED) is 0.769. The lowest BCUT2D eigenvalue weighted by Crippen LogP contribution is -2.15. The molecule has 0 aliphatic heterocycles. The molecule has 0 atom stereocenters. The molecule has 0 aliphatic rings. The number of hydrogen-bond donors (Lipinski definition) is 1. The Hall–Kier alpha value is -2.61. The summed E-state index contributed by atoms with van der Waals surface area (Å²) in [4.78, 5) is 16.2. The Kier molecular flexibility index (Phi) is 4.16. The average Bonchev–Trinajstić information content (AvgIpc) is 3.23. The van der Waals surface area contributed by atoms with Crippen molar-refractivity contribution < 1.29 is 13.7 Å². The third-order valence-corrected chi connectivity index (χ3v) is 3.64. The fourth-order valence-electron chi connectivity index (χ4n) is 2.05. The molecule has 120 valence electrons. The zero-order valence-electron chi connectivity index (χ0n) is 12.5. The fourth-order valence-corrected chi connectivity index (χ4v) is 2.25. The van der Waals surface area contributed by atoms with E-state index < -0.39 is 0 Å². The molecule has 0 radical (unpaired) electrons. The Morgan fingerprint density at radius 2 is 2.30 bits per heavy atom. The molecule has 8 nitrogen and oxygen atoms in total. The number of carbonyl (C=O) groups excluding carboxylic acids is 1. The van der Waals surface area contributed by atoms with Gasteiger partial charge in [0.1, 0.15) is 10.8 Å². The monoisotopic (exact) mass is 335 g/mol. The zero-order valence-corrected chi connectivity index (χ0v) is 13.3. The van der Waals surface area contributed by atoms with Crippen molar-refractivity contribution in [3.63, 3.8) is 0 Å². The Morgan fingerprint density at radius 3 is 2.96 bits per heavy atom. The van der Waals surface area contributed by atoms with E-state index in [-0.39, 0.29) is 12.3 Å². The van der Waals surface area contributed by atoms with E-state index in [1.807, 2.05) is 0 Å². The van der Waals surface area contributed by atoms with Crippen LogP contribution in [0, 0.1) is 6.92 Å². The van der Waals surface area contributed by atoms with Crippen molar-refractivity contribution in [2.24, 2.45) is 7.05 Å². The molecule has 0 unspecified atom stereocenters. The first-order valence-corrected chi connectivity index (χ1v) is 7.28. The number of amides is 1. The molecule has 3 heterocycles. The van der Waals surface area contributed by atoms with E-state index in [0.29, 0.717) is 40.4 Å². The average molecular weight is 336 g/mol. The molecular weight excluding hydrogens is 322 g/mol. The third-order valence-electron chi connectivity index (χ3n) is 3.18. The summed E-state index contributed by atoms with van der Waals surface area (Å²) in [6.07, 6.45) is 2.02. The number of nitrogens with zero attached hydrogens (tertiary/aromatic N) is 4. The van der Waals surface area contributed by atoms with Crippen molar-refractivity contribution in [3.05, 3.63) is 35.0 Å². The molecule has 0 aromatic carbocycles. The number of furan rings is 1. The van der Waals surface area contributed by atoms with Gasteiger partial charge in [-0.25, -0.2) is 0 Å². The minimum atomic E-state index is -0.215. The van der Waals surface area contributed by atoms with E-state index in [4.69, 9.17) is 20.5 Å². The Bertz CT molecular complexity index is 822. The summed E-state index contributed by atoms with van der Waals surface area (Å²) in [7, 11) is 1.71. The van der Waals surface area contributed by atoms with E-state index in [9.17, 15) is 4.79 Å². The van der Waals surface area contributed by atoms with Crippen molar-refractivity contribution >= 4 is 23.3 Å². The summed E-state index contributed by atoms with van der Waals surface area (Å²) in [6, 6.07) is 3.46.